The van der Waals surface area contributed by atoms with E-state index in [1.165, 1.54) is 22.2 Å². The zero-order chi connectivity index (χ0) is 33.5. The first-order valence-electron chi connectivity index (χ1n) is 17.4. The van der Waals surface area contributed by atoms with E-state index >= 15 is 0 Å². The van der Waals surface area contributed by atoms with Gasteiger partial charge in [0.05, 0.1) is 16.8 Å². The number of benzene rings is 6. The van der Waals surface area contributed by atoms with Crippen LogP contribution in [0.5, 0.6) is 0 Å². The summed E-state index contributed by atoms with van der Waals surface area (Å²) in [5.41, 5.74) is 11.1. The van der Waals surface area contributed by atoms with Crippen molar-refractivity contribution >= 4 is 72.5 Å². The summed E-state index contributed by atoms with van der Waals surface area (Å²) in [5.74, 6) is 1.37. The highest BCUT2D eigenvalue weighted by atomic mass is 16.3. The van der Waals surface area contributed by atoms with Crippen LogP contribution in [-0.2, 0) is 6.42 Å². The third-order valence-corrected chi connectivity index (χ3v) is 10.3. The van der Waals surface area contributed by atoms with Crippen molar-refractivity contribution in [2.75, 3.05) is 0 Å². The first kappa shape index (κ1) is 28.2. The molecule has 242 valence electrons. The van der Waals surface area contributed by atoms with E-state index in [2.05, 4.69) is 113 Å². The number of nitrogens with one attached hydrogen (secondary N) is 1. The molecule has 1 N–H and O–H groups in total. The molecule has 0 amide bonds. The highest BCUT2D eigenvalue weighted by molar-refractivity contribution is 6.20. The van der Waals surface area contributed by atoms with Crippen LogP contribution in [0.3, 0.4) is 0 Å². The lowest BCUT2D eigenvalue weighted by atomic mass is 10.0. The van der Waals surface area contributed by atoms with Gasteiger partial charge < -0.3 is 18.7 Å². The third kappa shape index (κ3) is 4.29. The van der Waals surface area contributed by atoms with Gasteiger partial charge in [-0.05, 0) is 60.9 Å². The average Bonchev–Trinajstić information content (AvgIpc) is 3.87. The van der Waals surface area contributed by atoms with Crippen molar-refractivity contribution < 1.29 is 8.83 Å². The van der Waals surface area contributed by atoms with E-state index in [1.54, 1.807) is 0 Å². The lowest BCUT2D eigenvalue weighted by molar-refractivity contribution is 0.663. The first-order valence-corrected chi connectivity index (χ1v) is 17.4. The van der Waals surface area contributed by atoms with Gasteiger partial charge in [-0.1, -0.05) is 103 Å². The van der Waals surface area contributed by atoms with Crippen molar-refractivity contribution in [1.29, 1.82) is 0 Å². The molecule has 0 saturated carbocycles. The minimum Gasteiger partial charge on any atom is -0.455 e. The molecule has 51 heavy (non-hydrogen) atoms. The average molecular weight is 659 g/mol. The van der Waals surface area contributed by atoms with Gasteiger partial charge in [-0.3, -0.25) is 0 Å². The quantitative estimate of drug-likeness (QED) is 0.205. The largest absolute Gasteiger partial charge is 0.455 e. The van der Waals surface area contributed by atoms with E-state index < -0.39 is 0 Å². The van der Waals surface area contributed by atoms with Crippen molar-refractivity contribution in [3.05, 3.63) is 167 Å². The summed E-state index contributed by atoms with van der Waals surface area (Å²) in [4.78, 5) is 10.3. The Bertz CT molecular complexity index is 2960. The molecule has 6 nitrogen and oxygen atoms in total. The van der Waals surface area contributed by atoms with Crippen LogP contribution < -0.4 is 5.32 Å². The van der Waals surface area contributed by atoms with Crippen LogP contribution in [0.25, 0.3) is 66.5 Å². The Kier molecular flexibility index (Phi) is 6.04. The lowest BCUT2D eigenvalue weighted by Crippen LogP contribution is -2.33. The molecule has 11 rings (SSSR count). The second kappa shape index (κ2) is 10.9. The van der Waals surface area contributed by atoms with Gasteiger partial charge in [-0.2, -0.15) is 0 Å². The smallest absolute Gasteiger partial charge is 0.163 e. The van der Waals surface area contributed by atoms with Crippen molar-refractivity contribution in [1.82, 2.24) is 9.88 Å². The molecule has 1 atom stereocenters. The van der Waals surface area contributed by atoms with E-state index in [1.807, 2.05) is 42.5 Å². The second-order valence-corrected chi connectivity index (χ2v) is 13.3. The number of para-hydroxylation sites is 4. The van der Waals surface area contributed by atoms with Gasteiger partial charge in [0.2, 0.25) is 0 Å². The van der Waals surface area contributed by atoms with E-state index in [-0.39, 0.29) is 6.17 Å². The molecule has 6 heteroatoms. The van der Waals surface area contributed by atoms with Gasteiger partial charge in [-0.15, -0.1) is 0 Å². The first-order chi connectivity index (χ1) is 25.3. The number of amidine groups is 2. The number of nitrogens with zero attached hydrogens (tertiary/aromatic N) is 3. The molecule has 1 aliphatic heterocycles. The maximum Gasteiger partial charge on any atom is 0.163 e. The zero-order valence-corrected chi connectivity index (χ0v) is 27.5. The van der Waals surface area contributed by atoms with Crippen LogP contribution in [0.1, 0.15) is 40.5 Å². The van der Waals surface area contributed by atoms with Crippen molar-refractivity contribution in [3.8, 4) is 5.69 Å². The fourth-order valence-electron chi connectivity index (χ4n) is 8.00. The minimum absolute atomic E-state index is 0.334. The van der Waals surface area contributed by atoms with Gasteiger partial charge in [-0.25, -0.2) is 9.98 Å². The molecule has 0 spiro atoms. The fourth-order valence-corrected chi connectivity index (χ4v) is 8.00. The van der Waals surface area contributed by atoms with Gasteiger partial charge in [0.1, 0.15) is 28.8 Å². The number of aromatic nitrogens is 1. The lowest BCUT2D eigenvalue weighted by Gasteiger charge is -2.23. The Hall–Kier alpha value is -6.66. The van der Waals surface area contributed by atoms with Gasteiger partial charge in [0.15, 0.2) is 11.4 Å². The summed E-state index contributed by atoms with van der Waals surface area (Å²) < 4.78 is 15.5. The summed E-state index contributed by atoms with van der Waals surface area (Å²) in [6, 6.07) is 46.1. The van der Waals surface area contributed by atoms with Crippen LogP contribution in [0.4, 0.5) is 0 Å². The predicted molar refractivity (Wildman–Crippen MR) is 207 cm³/mol. The molecule has 2 aliphatic rings. The second-order valence-electron chi connectivity index (χ2n) is 13.3. The SMILES string of the molecule is C1=Cc2c(n(-c3cccc4c3oc3ccc(C5=NC(c6cccc7c6oc6ccccc67)=NC(c6ccccc6)N5)cc34)c3ccccc23)CC1. The Labute approximate surface area is 292 Å². The summed E-state index contributed by atoms with van der Waals surface area (Å²) >= 11 is 0. The van der Waals surface area contributed by atoms with Crippen molar-refractivity contribution in [2.45, 2.75) is 19.0 Å². The number of aliphatic imine (C=N–C) groups is 2. The highest BCUT2D eigenvalue weighted by Gasteiger charge is 2.25. The van der Waals surface area contributed by atoms with E-state index in [9.17, 15) is 0 Å². The summed E-state index contributed by atoms with van der Waals surface area (Å²) in [6.45, 7) is 0. The molecule has 4 heterocycles. The Morgan fingerprint density at radius 3 is 2.31 bits per heavy atom. The Balaban J connectivity index is 1.08. The molecule has 6 aromatic carbocycles. The highest BCUT2D eigenvalue weighted by Crippen LogP contribution is 2.39. The standard InChI is InChI=1S/C45H30N4O2/c1-2-12-27(13-3-1)43-46-44(48-45(47-43)34-19-10-17-32-31-16-6-9-23-39(31)50-41(32)34)28-24-25-40-35(26-28)33-18-11-22-38(42(33)51-40)49-36-20-7-4-14-29(36)30-15-5-8-21-37(30)49/h1-7,9-20,22-26,43H,8,21H2,(H,46,47,48). The molecule has 0 radical (unpaired) electrons. The third-order valence-electron chi connectivity index (χ3n) is 10.3. The number of rotatable bonds is 4. The molecule has 3 aromatic heterocycles. The Morgan fingerprint density at radius 2 is 1.39 bits per heavy atom. The van der Waals surface area contributed by atoms with E-state index in [0.29, 0.717) is 5.84 Å². The molecule has 0 fully saturated rings. The summed E-state index contributed by atoms with van der Waals surface area (Å²) in [5, 5.41) is 9.15. The molecule has 0 saturated heterocycles. The number of fused-ring (bicyclic) bond motifs is 9. The minimum atomic E-state index is -0.334. The maximum absolute atomic E-state index is 6.71. The van der Waals surface area contributed by atoms with Crippen LogP contribution in [0.2, 0.25) is 0 Å². The normalized spacial score (nSPS) is 15.8. The molecular formula is C45H30N4O2. The molecule has 9 aromatic rings. The maximum atomic E-state index is 6.71. The monoisotopic (exact) mass is 658 g/mol. The molecule has 1 unspecified atom stereocenters. The number of hydrogen-bond acceptors (Lipinski definition) is 5. The van der Waals surface area contributed by atoms with Crippen LogP contribution in [-0.4, -0.2) is 16.2 Å². The van der Waals surface area contributed by atoms with Crippen LogP contribution >= 0.6 is 0 Å². The number of allylic oxidation sites excluding steroid dienone is 1. The Morgan fingerprint density at radius 1 is 0.647 bits per heavy atom. The zero-order valence-electron chi connectivity index (χ0n) is 27.5. The van der Waals surface area contributed by atoms with Crippen molar-refractivity contribution in [3.63, 3.8) is 0 Å². The van der Waals surface area contributed by atoms with E-state index in [0.717, 1.165) is 84.9 Å². The predicted octanol–water partition coefficient (Wildman–Crippen LogP) is 10.9. The van der Waals surface area contributed by atoms with E-state index in [4.69, 9.17) is 18.8 Å². The summed E-state index contributed by atoms with van der Waals surface area (Å²) in [6.07, 6.45) is 6.23. The van der Waals surface area contributed by atoms with Gasteiger partial charge in [0.25, 0.3) is 0 Å². The van der Waals surface area contributed by atoms with Crippen LogP contribution in [0.15, 0.2) is 158 Å². The topological polar surface area (TPSA) is 68.0 Å². The fraction of sp³-hybridized carbons (Fsp3) is 0.0667. The van der Waals surface area contributed by atoms with Gasteiger partial charge in [0, 0.05) is 43.8 Å². The molecule has 0 bridgehead atoms. The van der Waals surface area contributed by atoms with Gasteiger partial charge >= 0.3 is 0 Å². The number of furan rings is 2. The van der Waals surface area contributed by atoms with Crippen molar-refractivity contribution in [2.24, 2.45) is 9.98 Å². The number of hydrogen-bond donors (Lipinski definition) is 1. The molecular weight excluding hydrogens is 629 g/mol. The van der Waals surface area contributed by atoms with Crippen LogP contribution in [0, 0.1) is 0 Å². The summed E-state index contributed by atoms with van der Waals surface area (Å²) in [7, 11) is 0. The molecule has 1 aliphatic carbocycles.